The second-order valence-corrected chi connectivity index (χ2v) is 4.60. The number of nitrogens with zero attached hydrogens (tertiary/aromatic N) is 1. The average Bonchev–Trinajstić information content (AvgIpc) is 2.25. The van der Waals surface area contributed by atoms with Crippen LogP contribution in [0.3, 0.4) is 0 Å². The standard InChI is InChI=1S/C13H18FN3O.ClH/c1-17(11-7-15-8-11)9-13(18)16-6-10-4-2-3-5-12(10)14;/h2-5,11,15H,6-9H2,1H3,(H,16,18);1H. The van der Waals surface area contributed by atoms with Gasteiger partial charge in [-0.2, -0.15) is 0 Å². The van der Waals surface area contributed by atoms with Crippen LogP contribution in [0.4, 0.5) is 4.39 Å². The number of carbonyl (C=O) groups is 1. The van der Waals surface area contributed by atoms with Crippen molar-refractivity contribution in [1.29, 1.82) is 0 Å². The van der Waals surface area contributed by atoms with E-state index < -0.39 is 0 Å². The lowest BCUT2D eigenvalue weighted by Gasteiger charge is -2.35. The van der Waals surface area contributed by atoms with Crippen molar-refractivity contribution in [3.63, 3.8) is 0 Å². The predicted molar refractivity (Wildman–Crippen MR) is 74.8 cm³/mol. The van der Waals surface area contributed by atoms with E-state index in [-0.39, 0.29) is 30.7 Å². The Hall–Kier alpha value is -1.17. The lowest BCUT2D eigenvalue weighted by molar-refractivity contribution is -0.122. The summed E-state index contributed by atoms with van der Waals surface area (Å²) in [6, 6.07) is 6.90. The molecule has 0 aromatic heterocycles. The molecule has 0 bridgehead atoms. The van der Waals surface area contributed by atoms with Crippen LogP contribution < -0.4 is 10.6 Å². The van der Waals surface area contributed by atoms with E-state index in [2.05, 4.69) is 10.6 Å². The Labute approximate surface area is 118 Å². The molecule has 19 heavy (non-hydrogen) atoms. The third kappa shape index (κ3) is 4.45. The first kappa shape index (κ1) is 15.9. The lowest BCUT2D eigenvalue weighted by Crippen LogP contribution is -2.57. The monoisotopic (exact) mass is 287 g/mol. The summed E-state index contributed by atoms with van der Waals surface area (Å²) in [5.74, 6) is -0.359. The molecule has 1 aromatic carbocycles. The highest BCUT2D eigenvalue weighted by Gasteiger charge is 2.22. The van der Waals surface area contributed by atoms with Crippen LogP contribution in [0.2, 0.25) is 0 Å². The molecule has 2 N–H and O–H groups in total. The molecule has 0 radical (unpaired) electrons. The lowest BCUT2D eigenvalue weighted by atomic mass is 10.1. The molecule has 1 fully saturated rings. The molecule has 2 rings (SSSR count). The van der Waals surface area contributed by atoms with E-state index in [0.717, 1.165) is 13.1 Å². The number of rotatable bonds is 5. The maximum absolute atomic E-state index is 13.3. The van der Waals surface area contributed by atoms with Gasteiger partial charge in [0.15, 0.2) is 0 Å². The Morgan fingerprint density at radius 3 is 2.74 bits per heavy atom. The summed E-state index contributed by atoms with van der Waals surface area (Å²) >= 11 is 0. The zero-order valence-electron chi connectivity index (χ0n) is 10.9. The summed E-state index contributed by atoms with van der Waals surface area (Å²) in [7, 11) is 1.92. The highest BCUT2D eigenvalue weighted by Crippen LogP contribution is 2.05. The first-order valence-electron chi connectivity index (χ1n) is 6.08. The van der Waals surface area contributed by atoms with Crippen molar-refractivity contribution < 1.29 is 9.18 Å². The van der Waals surface area contributed by atoms with Gasteiger partial charge < -0.3 is 10.6 Å². The molecule has 106 valence electrons. The molecule has 1 saturated heterocycles. The van der Waals surface area contributed by atoms with Crippen LogP contribution in [0.15, 0.2) is 24.3 Å². The fourth-order valence-corrected chi connectivity index (χ4v) is 1.83. The molecule has 1 aliphatic heterocycles. The predicted octanol–water partition coefficient (Wildman–Crippen LogP) is 0.767. The van der Waals surface area contributed by atoms with Crippen LogP contribution >= 0.6 is 12.4 Å². The number of likely N-dealkylation sites (N-methyl/N-ethyl adjacent to an activating group) is 1. The van der Waals surface area contributed by atoms with Gasteiger partial charge in [-0.3, -0.25) is 9.69 Å². The summed E-state index contributed by atoms with van der Waals surface area (Å²) in [6.45, 7) is 2.44. The second kappa shape index (κ2) is 7.43. The van der Waals surface area contributed by atoms with Gasteiger partial charge in [-0.05, 0) is 13.1 Å². The average molecular weight is 288 g/mol. The zero-order valence-corrected chi connectivity index (χ0v) is 11.7. The Bertz CT molecular complexity index is 426. The van der Waals surface area contributed by atoms with Gasteiger partial charge in [0.2, 0.25) is 5.91 Å². The van der Waals surface area contributed by atoms with Gasteiger partial charge in [-0.1, -0.05) is 18.2 Å². The van der Waals surface area contributed by atoms with E-state index in [4.69, 9.17) is 0 Å². The molecule has 1 amide bonds. The van der Waals surface area contributed by atoms with Crippen LogP contribution in [0, 0.1) is 5.82 Å². The van der Waals surface area contributed by atoms with Gasteiger partial charge in [-0.25, -0.2) is 4.39 Å². The minimum absolute atomic E-state index is 0. The first-order chi connectivity index (χ1) is 8.66. The van der Waals surface area contributed by atoms with Crippen molar-refractivity contribution in [3.05, 3.63) is 35.6 Å². The van der Waals surface area contributed by atoms with Crippen LogP contribution in [-0.4, -0.2) is 43.5 Å². The number of hydrogen-bond acceptors (Lipinski definition) is 3. The van der Waals surface area contributed by atoms with Gasteiger partial charge in [0.05, 0.1) is 6.54 Å². The number of hydrogen-bond donors (Lipinski definition) is 2. The third-order valence-corrected chi connectivity index (χ3v) is 3.21. The maximum atomic E-state index is 13.3. The van der Waals surface area contributed by atoms with Crippen LogP contribution in [0.5, 0.6) is 0 Å². The third-order valence-electron chi connectivity index (χ3n) is 3.21. The van der Waals surface area contributed by atoms with Crippen molar-refractivity contribution in [3.8, 4) is 0 Å². The largest absolute Gasteiger partial charge is 0.351 e. The highest BCUT2D eigenvalue weighted by molar-refractivity contribution is 5.85. The molecule has 0 atom stereocenters. The van der Waals surface area contributed by atoms with Crippen molar-refractivity contribution in [2.24, 2.45) is 0 Å². The SMILES string of the molecule is CN(CC(=O)NCc1ccccc1F)C1CNC1.Cl. The number of nitrogens with one attached hydrogen (secondary N) is 2. The Kier molecular flexibility index (Phi) is 6.21. The van der Waals surface area contributed by atoms with Gasteiger partial charge in [-0.15, -0.1) is 12.4 Å². The van der Waals surface area contributed by atoms with Crippen LogP contribution in [-0.2, 0) is 11.3 Å². The number of benzene rings is 1. The Morgan fingerprint density at radius 1 is 1.47 bits per heavy atom. The fourth-order valence-electron chi connectivity index (χ4n) is 1.83. The van der Waals surface area contributed by atoms with E-state index in [9.17, 15) is 9.18 Å². The summed E-state index contributed by atoms with van der Waals surface area (Å²) in [5.41, 5.74) is 0.513. The molecule has 0 aliphatic carbocycles. The second-order valence-electron chi connectivity index (χ2n) is 4.60. The van der Waals surface area contributed by atoms with E-state index in [1.54, 1.807) is 18.2 Å². The summed E-state index contributed by atoms with van der Waals surface area (Å²) in [5, 5.41) is 5.89. The highest BCUT2D eigenvalue weighted by atomic mass is 35.5. The molecule has 0 saturated carbocycles. The van der Waals surface area contributed by atoms with Gasteiger partial charge in [0, 0.05) is 31.2 Å². The minimum Gasteiger partial charge on any atom is -0.351 e. The van der Waals surface area contributed by atoms with E-state index in [1.807, 2.05) is 11.9 Å². The van der Waals surface area contributed by atoms with Gasteiger partial charge >= 0.3 is 0 Å². The Morgan fingerprint density at radius 2 is 2.16 bits per heavy atom. The minimum atomic E-state index is -0.283. The van der Waals surface area contributed by atoms with E-state index in [1.165, 1.54) is 6.07 Å². The molecular formula is C13H19ClFN3O. The zero-order chi connectivity index (χ0) is 13.0. The van der Waals surface area contributed by atoms with Crippen molar-refractivity contribution in [2.45, 2.75) is 12.6 Å². The first-order valence-corrected chi connectivity index (χ1v) is 6.08. The number of amides is 1. The molecule has 1 aromatic rings. The van der Waals surface area contributed by atoms with Crippen LogP contribution in [0.1, 0.15) is 5.56 Å². The molecule has 1 heterocycles. The molecule has 0 spiro atoms. The normalized spacial score (nSPS) is 14.7. The molecule has 4 nitrogen and oxygen atoms in total. The smallest absolute Gasteiger partial charge is 0.234 e. The van der Waals surface area contributed by atoms with Crippen LogP contribution in [0.25, 0.3) is 0 Å². The van der Waals surface area contributed by atoms with Crippen molar-refractivity contribution in [2.75, 3.05) is 26.7 Å². The molecule has 0 unspecified atom stereocenters. The summed E-state index contributed by atoms with van der Waals surface area (Å²) in [6.07, 6.45) is 0. The topological polar surface area (TPSA) is 44.4 Å². The molecule has 6 heteroatoms. The van der Waals surface area contributed by atoms with E-state index >= 15 is 0 Å². The van der Waals surface area contributed by atoms with Crippen molar-refractivity contribution >= 4 is 18.3 Å². The van der Waals surface area contributed by atoms with Crippen molar-refractivity contribution in [1.82, 2.24) is 15.5 Å². The fraction of sp³-hybridized carbons (Fsp3) is 0.462. The Balaban J connectivity index is 0.00000180. The van der Waals surface area contributed by atoms with Gasteiger partial charge in [0.1, 0.15) is 5.82 Å². The summed E-state index contributed by atoms with van der Waals surface area (Å²) < 4.78 is 13.3. The van der Waals surface area contributed by atoms with Gasteiger partial charge in [0.25, 0.3) is 0 Å². The van der Waals surface area contributed by atoms with E-state index in [0.29, 0.717) is 18.2 Å². The molecular weight excluding hydrogens is 269 g/mol. The maximum Gasteiger partial charge on any atom is 0.234 e. The number of halogens is 2. The quantitative estimate of drug-likeness (QED) is 0.841. The summed E-state index contributed by atoms with van der Waals surface area (Å²) in [4.78, 5) is 13.7. The molecule has 1 aliphatic rings. The number of carbonyl (C=O) groups excluding carboxylic acids is 1.